The van der Waals surface area contributed by atoms with E-state index in [0.29, 0.717) is 6.42 Å². The number of carbonyl (C=O) groups excluding carboxylic acids is 1. The molecule has 2 heterocycles. The Labute approximate surface area is 113 Å². The Morgan fingerprint density at radius 3 is 2.95 bits per heavy atom. The summed E-state index contributed by atoms with van der Waals surface area (Å²) < 4.78 is 5.98. The summed E-state index contributed by atoms with van der Waals surface area (Å²) in [6.45, 7) is 2.98. The highest BCUT2D eigenvalue weighted by Crippen LogP contribution is 2.36. The van der Waals surface area contributed by atoms with E-state index >= 15 is 0 Å². The monoisotopic (exact) mass is 257 g/mol. The Morgan fingerprint density at radius 1 is 1.37 bits per heavy atom. The molecule has 0 radical (unpaired) electrons. The van der Waals surface area contributed by atoms with Gasteiger partial charge < -0.3 is 9.64 Å². The van der Waals surface area contributed by atoms with Crippen LogP contribution in [0.5, 0.6) is 5.75 Å². The second kappa shape index (κ2) is 5.08. The lowest BCUT2D eigenvalue weighted by molar-refractivity contribution is -0.124. The minimum Gasteiger partial charge on any atom is -0.486 e. The molecule has 0 saturated carbocycles. The van der Waals surface area contributed by atoms with Gasteiger partial charge >= 0.3 is 0 Å². The predicted molar refractivity (Wildman–Crippen MR) is 74.7 cm³/mol. The van der Waals surface area contributed by atoms with Crippen molar-refractivity contribution in [2.24, 2.45) is 0 Å². The maximum absolute atomic E-state index is 12.0. The van der Waals surface area contributed by atoms with Crippen LogP contribution < -0.4 is 4.74 Å². The molecular weight excluding hydrogens is 238 g/mol. The number of carbonyl (C=O) groups is 1. The first-order chi connectivity index (χ1) is 9.29. The fraction of sp³-hybridized carbons (Fsp3) is 0.438. The average Bonchev–Trinajstić information content (AvgIpc) is 2.84. The van der Waals surface area contributed by atoms with Gasteiger partial charge in [0, 0.05) is 18.5 Å². The summed E-state index contributed by atoms with van der Waals surface area (Å²) in [6, 6.07) is 8.01. The highest BCUT2D eigenvalue weighted by atomic mass is 16.5. The number of hydrogen-bond acceptors (Lipinski definition) is 2. The molecule has 0 aliphatic carbocycles. The van der Waals surface area contributed by atoms with E-state index < -0.39 is 0 Å². The standard InChI is InChI=1S/C16H19NO2/c1-2-6-12-11-14(17-10-5-9-16(17)18)13-7-3-4-8-15(13)19-12/h3-4,7-8,11-12H,2,5-6,9-10H2,1H3. The topological polar surface area (TPSA) is 29.5 Å². The lowest BCUT2D eigenvalue weighted by Gasteiger charge is -2.29. The molecule has 3 nitrogen and oxygen atoms in total. The molecule has 0 aromatic heterocycles. The molecule has 1 aromatic carbocycles. The van der Waals surface area contributed by atoms with Crippen molar-refractivity contribution in [2.75, 3.05) is 6.54 Å². The zero-order valence-electron chi connectivity index (χ0n) is 11.3. The Bertz CT molecular complexity index is 521. The maximum atomic E-state index is 12.0. The van der Waals surface area contributed by atoms with Gasteiger partial charge in [0.05, 0.1) is 5.70 Å². The number of rotatable bonds is 3. The molecule has 2 aliphatic heterocycles. The van der Waals surface area contributed by atoms with Gasteiger partial charge in [0.2, 0.25) is 5.91 Å². The van der Waals surface area contributed by atoms with E-state index in [-0.39, 0.29) is 12.0 Å². The van der Waals surface area contributed by atoms with Crippen molar-refractivity contribution in [3.8, 4) is 5.75 Å². The van der Waals surface area contributed by atoms with Crippen LogP contribution in [0.15, 0.2) is 30.3 Å². The van der Waals surface area contributed by atoms with E-state index in [9.17, 15) is 4.79 Å². The first-order valence-electron chi connectivity index (χ1n) is 7.08. The molecule has 0 N–H and O–H groups in total. The molecule has 3 rings (SSSR count). The SMILES string of the molecule is CCCC1C=C(N2CCCC2=O)c2ccccc2O1. The van der Waals surface area contributed by atoms with Crippen molar-refractivity contribution < 1.29 is 9.53 Å². The van der Waals surface area contributed by atoms with Crippen LogP contribution in [-0.2, 0) is 4.79 Å². The lowest BCUT2D eigenvalue weighted by atomic mass is 10.0. The van der Waals surface area contributed by atoms with E-state index in [1.807, 2.05) is 29.2 Å². The first kappa shape index (κ1) is 12.3. The molecule has 0 bridgehead atoms. The van der Waals surface area contributed by atoms with E-state index in [1.54, 1.807) is 0 Å². The van der Waals surface area contributed by atoms with Crippen LogP contribution in [0.25, 0.3) is 5.70 Å². The summed E-state index contributed by atoms with van der Waals surface area (Å²) in [5.74, 6) is 1.14. The minimum atomic E-state index is 0.0864. The summed E-state index contributed by atoms with van der Waals surface area (Å²) >= 11 is 0. The molecule has 100 valence electrons. The third-order valence-corrected chi connectivity index (χ3v) is 3.72. The number of amides is 1. The summed E-state index contributed by atoms with van der Waals surface area (Å²) in [5.41, 5.74) is 2.09. The third-order valence-electron chi connectivity index (χ3n) is 3.72. The minimum absolute atomic E-state index is 0.0864. The van der Waals surface area contributed by atoms with Crippen LogP contribution in [0.4, 0.5) is 0 Å². The van der Waals surface area contributed by atoms with Gasteiger partial charge in [-0.1, -0.05) is 25.5 Å². The normalized spacial score (nSPS) is 21.9. The van der Waals surface area contributed by atoms with Crippen molar-refractivity contribution in [3.63, 3.8) is 0 Å². The summed E-state index contributed by atoms with van der Waals surface area (Å²) in [7, 11) is 0. The molecule has 0 spiro atoms. The van der Waals surface area contributed by atoms with Crippen molar-refractivity contribution >= 4 is 11.6 Å². The predicted octanol–water partition coefficient (Wildman–Crippen LogP) is 3.21. The quantitative estimate of drug-likeness (QED) is 0.832. The van der Waals surface area contributed by atoms with E-state index in [1.165, 1.54) is 0 Å². The second-order valence-electron chi connectivity index (χ2n) is 5.14. The highest BCUT2D eigenvalue weighted by molar-refractivity contribution is 5.90. The Balaban J connectivity index is 1.99. The lowest BCUT2D eigenvalue weighted by Crippen LogP contribution is -2.28. The van der Waals surface area contributed by atoms with Gasteiger partial charge in [0.1, 0.15) is 11.9 Å². The zero-order chi connectivity index (χ0) is 13.2. The highest BCUT2D eigenvalue weighted by Gasteiger charge is 2.29. The number of para-hydroxylation sites is 1. The van der Waals surface area contributed by atoms with Gasteiger partial charge in [-0.2, -0.15) is 0 Å². The smallest absolute Gasteiger partial charge is 0.227 e. The Hall–Kier alpha value is -1.77. The van der Waals surface area contributed by atoms with Crippen LogP contribution in [-0.4, -0.2) is 23.5 Å². The summed E-state index contributed by atoms with van der Waals surface area (Å²) in [4.78, 5) is 13.9. The fourth-order valence-corrected chi connectivity index (χ4v) is 2.81. The van der Waals surface area contributed by atoms with Crippen LogP contribution in [0.3, 0.4) is 0 Å². The summed E-state index contributed by atoms with van der Waals surface area (Å²) in [6.07, 6.45) is 5.89. The van der Waals surface area contributed by atoms with Gasteiger partial charge in [-0.3, -0.25) is 4.79 Å². The second-order valence-corrected chi connectivity index (χ2v) is 5.14. The van der Waals surface area contributed by atoms with Crippen molar-refractivity contribution in [2.45, 2.75) is 38.7 Å². The van der Waals surface area contributed by atoms with Crippen LogP contribution in [0.2, 0.25) is 0 Å². The molecule has 19 heavy (non-hydrogen) atoms. The molecule has 1 unspecified atom stereocenters. The van der Waals surface area contributed by atoms with Crippen molar-refractivity contribution in [1.82, 2.24) is 4.90 Å². The van der Waals surface area contributed by atoms with Gasteiger partial charge in [0.25, 0.3) is 0 Å². The van der Waals surface area contributed by atoms with Crippen LogP contribution in [0.1, 0.15) is 38.2 Å². The Morgan fingerprint density at radius 2 is 2.21 bits per heavy atom. The molecule has 1 aromatic rings. The Kier molecular flexibility index (Phi) is 3.28. The van der Waals surface area contributed by atoms with Gasteiger partial charge in [-0.25, -0.2) is 0 Å². The third kappa shape index (κ3) is 2.25. The van der Waals surface area contributed by atoms with E-state index in [0.717, 1.165) is 42.8 Å². The fourth-order valence-electron chi connectivity index (χ4n) is 2.81. The molecule has 1 saturated heterocycles. The largest absolute Gasteiger partial charge is 0.486 e. The van der Waals surface area contributed by atoms with Crippen LogP contribution >= 0.6 is 0 Å². The zero-order valence-corrected chi connectivity index (χ0v) is 11.3. The molecule has 3 heteroatoms. The maximum Gasteiger partial charge on any atom is 0.227 e. The molecule has 1 atom stereocenters. The van der Waals surface area contributed by atoms with Gasteiger partial charge in [-0.05, 0) is 31.1 Å². The summed E-state index contributed by atoms with van der Waals surface area (Å²) in [5, 5.41) is 0. The number of nitrogens with zero attached hydrogens (tertiary/aromatic N) is 1. The number of likely N-dealkylation sites (tertiary alicyclic amines) is 1. The van der Waals surface area contributed by atoms with E-state index in [2.05, 4.69) is 13.0 Å². The molecule has 2 aliphatic rings. The van der Waals surface area contributed by atoms with E-state index in [4.69, 9.17) is 4.74 Å². The molecular formula is C16H19NO2. The number of hydrogen-bond donors (Lipinski definition) is 0. The number of fused-ring (bicyclic) bond motifs is 1. The van der Waals surface area contributed by atoms with Crippen molar-refractivity contribution in [3.05, 3.63) is 35.9 Å². The number of benzene rings is 1. The molecule has 1 amide bonds. The molecule has 1 fully saturated rings. The average molecular weight is 257 g/mol. The van der Waals surface area contributed by atoms with Gasteiger partial charge in [-0.15, -0.1) is 0 Å². The first-order valence-corrected chi connectivity index (χ1v) is 7.08. The number of ether oxygens (including phenoxy) is 1. The van der Waals surface area contributed by atoms with Gasteiger partial charge in [0.15, 0.2) is 0 Å². The van der Waals surface area contributed by atoms with Crippen LogP contribution in [0, 0.1) is 0 Å². The van der Waals surface area contributed by atoms with Crippen molar-refractivity contribution in [1.29, 1.82) is 0 Å².